The van der Waals surface area contributed by atoms with Gasteiger partial charge < -0.3 is 21.5 Å². The van der Waals surface area contributed by atoms with Crippen LogP contribution in [0, 0.1) is 5.92 Å². The zero-order valence-electron chi connectivity index (χ0n) is 11.0. The molecule has 0 bridgehead atoms. The smallest absolute Gasteiger partial charge is 0.253 e. The van der Waals surface area contributed by atoms with Gasteiger partial charge in [0.1, 0.15) is 0 Å². The molecule has 5 nitrogen and oxygen atoms in total. The van der Waals surface area contributed by atoms with Crippen molar-refractivity contribution in [2.45, 2.75) is 19.9 Å². The third kappa shape index (κ3) is 3.37. The zero-order chi connectivity index (χ0) is 13.7. The first-order valence-electron chi connectivity index (χ1n) is 5.98. The van der Waals surface area contributed by atoms with Gasteiger partial charge >= 0.3 is 0 Å². The molecule has 18 heavy (non-hydrogen) atoms. The maximum atomic E-state index is 11.7. The highest BCUT2D eigenvalue weighted by Gasteiger charge is 2.16. The lowest BCUT2D eigenvalue weighted by atomic mass is 10.0. The Hall–Kier alpha value is -1.75. The molecule has 0 radical (unpaired) electrons. The summed E-state index contributed by atoms with van der Waals surface area (Å²) in [4.78, 5) is 11.7. The lowest BCUT2D eigenvalue weighted by Crippen LogP contribution is -2.31. The summed E-state index contributed by atoms with van der Waals surface area (Å²) in [5, 5.41) is 15.1. The van der Waals surface area contributed by atoms with Crippen molar-refractivity contribution < 1.29 is 9.90 Å². The molecule has 1 atom stereocenters. The summed E-state index contributed by atoms with van der Waals surface area (Å²) in [7, 11) is 1.58. The molecule has 1 amide bonds. The van der Waals surface area contributed by atoms with Gasteiger partial charge in [-0.15, -0.1) is 0 Å². The number of hydrogen-bond donors (Lipinski definition) is 4. The van der Waals surface area contributed by atoms with E-state index in [-0.39, 0.29) is 24.5 Å². The number of nitrogens with two attached hydrogens (primary N) is 1. The third-order valence-electron chi connectivity index (χ3n) is 2.86. The van der Waals surface area contributed by atoms with Crippen molar-refractivity contribution in [3.8, 4) is 0 Å². The average molecular weight is 251 g/mol. The molecule has 1 aromatic rings. The Balaban J connectivity index is 3.05. The number of aliphatic hydroxyl groups excluding tert-OH is 1. The Morgan fingerprint density at radius 3 is 2.61 bits per heavy atom. The summed E-state index contributed by atoms with van der Waals surface area (Å²) in [6, 6.07) is 4.94. The zero-order valence-corrected chi connectivity index (χ0v) is 11.0. The Labute approximate surface area is 107 Å². The van der Waals surface area contributed by atoms with E-state index in [1.54, 1.807) is 25.2 Å². The molecule has 0 aliphatic carbocycles. The largest absolute Gasteiger partial charge is 0.399 e. The average Bonchev–Trinajstić information content (AvgIpc) is 2.34. The number of amides is 1. The quantitative estimate of drug-likeness (QED) is 0.589. The van der Waals surface area contributed by atoms with Crippen molar-refractivity contribution in [1.29, 1.82) is 0 Å². The monoisotopic (exact) mass is 251 g/mol. The minimum absolute atomic E-state index is 0.000347. The van der Waals surface area contributed by atoms with Crippen molar-refractivity contribution in [2.75, 3.05) is 24.7 Å². The van der Waals surface area contributed by atoms with E-state index in [1.165, 1.54) is 0 Å². The molecular formula is C13H21N3O2. The first-order valence-corrected chi connectivity index (χ1v) is 5.98. The molecule has 100 valence electrons. The molecule has 1 aromatic carbocycles. The van der Waals surface area contributed by atoms with E-state index in [0.717, 1.165) is 0 Å². The fourth-order valence-corrected chi connectivity index (χ4v) is 1.64. The highest BCUT2D eigenvalue weighted by Crippen LogP contribution is 2.21. The van der Waals surface area contributed by atoms with E-state index in [0.29, 0.717) is 16.9 Å². The van der Waals surface area contributed by atoms with Crippen LogP contribution in [0.5, 0.6) is 0 Å². The van der Waals surface area contributed by atoms with Crippen molar-refractivity contribution in [2.24, 2.45) is 5.92 Å². The SMILES string of the molecule is CNC(=O)c1ccc(N)cc1N[C@H](CO)C(C)C. The van der Waals surface area contributed by atoms with Gasteiger partial charge in [0.05, 0.1) is 18.2 Å². The van der Waals surface area contributed by atoms with E-state index >= 15 is 0 Å². The van der Waals surface area contributed by atoms with Gasteiger partial charge in [0.15, 0.2) is 0 Å². The molecule has 0 saturated carbocycles. The predicted molar refractivity (Wildman–Crippen MR) is 73.6 cm³/mol. The Kier molecular flexibility index (Phi) is 4.97. The molecule has 1 rings (SSSR count). The normalized spacial score (nSPS) is 12.3. The van der Waals surface area contributed by atoms with Crippen LogP contribution in [0.3, 0.4) is 0 Å². The fraction of sp³-hybridized carbons (Fsp3) is 0.462. The molecule has 5 N–H and O–H groups in total. The van der Waals surface area contributed by atoms with Crippen LogP contribution >= 0.6 is 0 Å². The highest BCUT2D eigenvalue weighted by atomic mass is 16.3. The van der Waals surface area contributed by atoms with Gasteiger partial charge in [0.2, 0.25) is 0 Å². The summed E-state index contributed by atoms with van der Waals surface area (Å²) in [5.41, 5.74) is 7.46. The maximum absolute atomic E-state index is 11.7. The number of benzene rings is 1. The van der Waals surface area contributed by atoms with Crippen molar-refractivity contribution >= 4 is 17.3 Å². The summed E-state index contributed by atoms with van der Waals surface area (Å²) >= 11 is 0. The van der Waals surface area contributed by atoms with E-state index in [9.17, 15) is 9.90 Å². The summed E-state index contributed by atoms with van der Waals surface area (Å²) in [6.07, 6.45) is 0. The maximum Gasteiger partial charge on any atom is 0.253 e. The number of hydrogen-bond acceptors (Lipinski definition) is 4. The first kappa shape index (κ1) is 14.3. The Bertz CT molecular complexity index is 419. The van der Waals surface area contributed by atoms with E-state index in [4.69, 9.17) is 5.73 Å². The highest BCUT2D eigenvalue weighted by molar-refractivity contribution is 6.00. The van der Waals surface area contributed by atoms with Crippen LogP contribution in [0.1, 0.15) is 24.2 Å². The molecule has 0 aromatic heterocycles. The van der Waals surface area contributed by atoms with Crippen molar-refractivity contribution in [3.63, 3.8) is 0 Å². The van der Waals surface area contributed by atoms with E-state index in [1.807, 2.05) is 13.8 Å². The lowest BCUT2D eigenvalue weighted by molar-refractivity contribution is 0.0963. The summed E-state index contributed by atoms with van der Waals surface area (Å²) in [6.45, 7) is 4.00. The molecule has 5 heteroatoms. The number of nitrogens with one attached hydrogen (secondary N) is 2. The molecule has 0 aliphatic rings. The van der Waals surface area contributed by atoms with E-state index < -0.39 is 0 Å². The minimum Gasteiger partial charge on any atom is -0.399 e. The van der Waals surface area contributed by atoms with Crippen LogP contribution in [0.4, 0.5) is 11.4 Å². The number of carbonyl (C=O) groups is 1. The van der Waals surface area contributed by atoms with Gasteiger partial charge in [-0.1, -0.05) is 13.8 Å². The molecule has 0 saturated heterocycles. The predicted octanol–water partition coefficient (Wildman–Crippen LogP) is 1.06. The topological polar surface area (TPSA) is 87.4 Å². The van der Waals surface area contributed by atoms with Gasteiger partial charge in [-0.3, -0.25) is 4.79 Å². The molecule has 0 heterocycles. The van der Waals surface area contributed by atoms with Crippen LogP contribution in [-0.2, 0) is 0 Å². The standard InChI is InChI=1S/C13H21N3O2/c1-8(2)12(7-17)16-11-6-9(14)4-5-10(11)13(18)15-3/h4-6,8,12,16-17H,7,14H2,1-3H3,(H,15,18)/t12-/m1/s1. The second-order valence-electron chi connectivity index (χ2n) is 4.56. The van der Waals surface area contributed by atoms with Gasteiger partial charge in [0, 0.05) is 18.4 Å². The van der Waals surface area contributed by atoms with Gasteiger partial charge in [0.25, 0.3) is 5.91 Å². The summed E-state index contributed by atoms with van der Waals surface area (Å²) in [5.74, 6) is 0.0620. The molecular weight excluding hydrogens is 230 g/mol. The van der Waals surface area contributed by atoms with Crippen LogP contribution in [0.25, 0.3) is 0 Å². The molecule has 0 unspecified atom stereocenters. The number of anilines is 2. The molecule has 0 fully saturated rings. The first-order chi connectivity index (χ1) is 8.49. The van der Waals surface area contributed by atoms with Crippen LogP contribution in [-0.4, -0.2) is 30.7 Å². The number of carbonyl (C=O) groups excluding carboxylic acids is 1. The summed E-state index contributed by atoms with van der Waals surface area (Å²) < 4.78 is 0. The second-order valence-corrected chi connectivity index (χ2v) is 4.56. The Morgan fingerprint density at radius 2 is 2.11 bits per heavy atom. The van der Waals surface area contributed by atoms with Crippen molar-refractivity contribution in [3.05, 3.63) is 23.8 Å². The van der Waals surface area contributed by atoms with Crippen LogP contribution in [0.2, 0.25) is 0 Å². The number of nitrogen functional groups attached to an aromatic ring is 1. The minimum atomic E-state index is -0.182. The Morgan fingerprint density at radius 1 is 1.44 bits per heavy atom. The van der Waals surface area contributed by atoms with Gasteiger partial charge in [-0.05, 0) is 24.1 Å². The lowest BCUT2D eigenvalue weighted by Gasteiger charge is -2.23. The van der Waals surface area contributed by atoms with Crippen LogP contribution < -0.4 is 16.4 Å². The fourth-order valence-electron chi connectivity index (χ4n) is 1.64. The van der Waals surface area contributed by atoms with Crippen molar-refractivity contribution in [1.82, 2.24) is 5.32 Å². The number of rotatable bonds is 5. The van der Waals surface area contributed by atoms with Gasteiger partial charge in [-0.25, -0.2) is 0 Å². The molecule has 0 aliphatic heterocycles. The van der Waals surface area contributed by atoms with Gasteiger partial charge in [-0.2, -0.15) is 0 Å². The van der Waals surface area contributed by atoms with Crippen LogP contribution in [0.15, 0.2) is 18.2 Å². The molecule has 0 spiro atoms. The number of aliphatic hydroxyl groups is 1. The third-order valence-corrected chi connectivity index (χ3v) is 2.86. The second kappa shape index (κ2) is 6.26. The van der Waals surface area contributed by atoms with E-state index in [2.05, 4.69) is 10.6 Å².